The first-order chi connectivity index (χ1) is 7.50. The Kier molecular flexibility index (Phi) is 4.37. The Balaban J connectivity index is 2.76. The van der Waals surface area contributed by atoms with E-state index in [0.717, 1.165) is 30.1 Å². The van der Waals surface area contributed by atoms with Crippen LogP contribution in [0.3, 0.4) is 0 Å². The van der Waals surface area contributed by atoms with Crippen molar-refractivity contribution >= 4 is 17.4 Å². The Hall–Kier alpha value is -1.01. The van der Waals surface area contributed by atoms with Crippen molar-refractivity contribution in [3.05, 3.63) is 10.6 Å². The molecule has 0 saturated carbocycles. The van der Waals surface area contributed by atoms with Gasteiger partial charge in [0.15, 0.2) is 0 Å². The number of aliphatic hydroxyl groups is 1. The van der Waals surface area contributed by atoms with E-state index in [1.54, 1.807) is 13.8 Å². The third-order valence-electron chi connectivity index (χ3n) is 2.10. The third-order valence-corrected chi connectivity index (χ3v) is 2.86. The summed E-state index contributed by atoms with van der Waals surface area (Å²) in [5.41, 5.74) is 0.114. The number of aryl methyl sites for hydroxylation is 1. The molecule has 1 aromatic heterocycles. The first-order valence-corrected chi connectivity index (χ1v) is 6.02. The molecule has 1 heterocycles. The number of nitrogens with one attached hydrogen (secondary N) is 1. The number of amides is 1. The van der Waals surface area contributed by atoms with Gasteiger partial charge in [-0.1, -0.05) is 17.8 Å². The van der Waals surface area contributed by atoms with Crippen molar-refractivity contribution < 1.29 is 9.90 Å². The molecule has 0 spiro atoms. The maximum Gasteiger partial charge on any atom is 0.265 e. The molecule has 0 aliphatic carbocycles. The van der Waals surface area contributed by atoms with Gasteiger partial charge < -0.3 is 10.4 Å². The van der Waals surface area contributed by atoms with Gasteiger partial charge in [0.05, 0.1) is 17.8 Å². The predicted octanol–water partition coefficient (Wildman–Crippen LogP) is 0.991. The Labute approximate surface area is 99.0 Å². The standard InChI is InChI=1S/C10H17N3O2S/c1-4-5-7-8(16-13-12-7)9(15)11-10(2,3)6-14/h14H,4-6H2,1-3H3,(H,11,15). The molecule has 0 aliphatic rings. The van der Waals surface area contributed by atoms with Crippen LogP contribution in [0.25, 0.3) is 0 Å². The zero-order valence-electron chi connectivity index (χ0n) is 9.78. The molecule has 0 aliphatic heterocycles. The highest BCUT2D eigenvalue weighted by Crippen LogP contribution is 2.14. The highest BCUT2D eigenvalue weighted by molar-refractivity contribution is 7.08. The summed E-state index contributed by atoms with van der Waals surface area (Å²) in [6, 6.07) is 0. The summed E-state index contributed by atoms with van der Waals surface area (Å²) in [5, 5.41) is 15.7. The molecule has 0 atom stereocenters. The fourth-order valence-electron chi connectivity index (χ4n) is 1.19. The molecule has 1 amide bonds. The van der Waals surface area contributed by atoms with Crippen LogP contribution in [0.1, 0.15) is 42.6 Å². The minimum Gasteiger partial charge on any atom is -0.394 e. The predicted molar refractivity (Wildman–Crippen MR) is 62.5 cm³/mol. The average molecular weight is 243 g/mol. The van der Waals surface area contributed by atoms with Gasteiger partial charge in [-0.3, -0.25) is 4.79 Å². The molecular weight excluding hydrogens is 226 g/mol. The minimum absolute atomic E-state index is 0.103. The lowest BCUT2D eigenvalue weighted by Crippen LogP contribution is -2.46. The van der Waals surface area contributed by atoms with Crippen molar-refractivity contribution in [3.8, 4) is 0 Å². The van der Waals surface area contributed by atoms with Crippen LogP contribution in [0.15, 0.2) is 0 Å². The lowest BCUT2D eigenvalue weighted by molar-refractivity contribution is 0.0872. The second kappa shape index (κ2) is 5.36. The lowest BCUT2D eigenvalue weighted by atomic mass is 10.1. The van der Waals surface area contributed by atoms with Crippen LogP contribution in [0.5, 0.6) is 0 Å². The highest BCUT2D eigenvalue weighted by Gasteiger charge is 2.23. The van der Waals surface area contributed by atoms with Gasteiger partial charge >= 0.3 is 0 Å². The number of carbonyl (C=O) groups is 1. The van der Waals surface area contributed by atoms with Crippen LogP contribution >= 0.6 is 11.5 Å². The molecule has 2 N–H and O–H groups in total. The topological polar surface area (TPSA) is 75.1 Å². The number of rotatable bonds is 5. The number of nitrogens with zero attached hydrogens (tertiary/aromatic N) is 2. The normalized spacial score (nSPS) is 11.5. The molecule has 0 saturated heterocycles. The molecule has 0 bridgehead atoms. The molecule has 5 nitrogen and oxygen atoms in total. The molecule has 0 aromatic carbocycles. The molecule has 1 aromatic rings. The summed E-state index contributed by atoms with van der Waals surface area (Å²) >= 11 is 1.09. The van der Waals surface area contributed by atoms with Crippen LogP contribution in [-0.4, -0.2) is 32.7 Å². The molecule has 6 heteroatoms. The van der Waals surface area contributed by atoms with E-state index in [2.05, 4.69) is 14.9 Å². The van der Waals surface area contributed by atoms with Gasteiger partial charge in [0.1, 0.15) is 4.88 Å². The van der Waals surface area contributed by atoms with Crippen LogP contribution in [0.4, 0.5) is 0 Å². The molecule has 0 radical (unpaired) electrons. The largest absolute Gasteiger partial charge is 0.394 e. The Bertz CT molecular complexity index is 363. The van der Waals surface area contributed by atoms with Crippen LogP contribution < -0.4 is 5.32 Å². The van der Waals surface area contributed by atoms with Gasteiger partial charge in [-0.25, -0.2) is 0 Å². The summed E-state index contributed by atoms with van der Waals surface area (Å²) in [6.45, 7) is 5.45. The van der Waals surface area contributed by atoms with E-state index in [4.69, 9.17) is 5.11 Å². The summed E-state index contributed by atoms with van der Waals surface area (Å²) < 4.78 is 3.79. The first-order valence-electron chi connectivity index (χ1n) is 5.24. The van der Waals surface area contributed by atoms with Gasteiger partial charge in [-0.15, -0.1) is 5.10 Å². The fraction of sp³-hybridized carbons (Fsp3) is 0.700. The number of aromatic nitrogens is 2. The van der Waals surface area contributed by atoms with Crippen molar-refractivity contribution in [2.45, 2.75) is 39.2 Å². The van der Waals surface area contributed by atoms with Crippen molar-refractivity contribution in [2.24, 2.45) is 0 Å². The summed E-state index contributed by atoms with van der Waals surface area (Å²) in [5.74, 6) is -0.211. The molecule has 0 unspecified atom stereocenters. The maximum atomic E-state index is 11.9. The van der Waals surface area contributed by atoms with Crippen LogP contribution in [-0.2, 0) is 6.42 Å². The Morgan fingerprint density at radius 1 is 1.56 bits per heavy atom. The molecule has 90 valence electrons. The van der Waals surface area contributed by atoms with E-state index in [1.165, 1.54) is 0 Å². The van der Waals surface area contributed by atoms with E-state index in [0.29, 0.717) is 4.88 Å². The monoisotopic (exact) mass is 243 g/mol. The first kappa shape index (κ1) is 13.1. The van der Waals surface area contributed by atoms with Gasteiger partial charge in [0.2, 0.25) is 0 Å². The Morgan fingerprint density at radius 3 is 2.81 bits per heavy atom. The highest BCUT2D eigenvalue weighted by atomic mass is 32.1. The van der Waals surface area contributed by atoms with E-state index in [-0.39, 0.29) is 12.5 Å². The zero-order valence-corrected chi connectivity index (χ0v) is 10.6. The summed E-state index contributed by atoms with van der Waals surface area (Å²) in [6.07, 6.45) is 1.67. The average Bonchev–Trinajstić information content (AvgIpc) is 2.66. The smallest absolute Gasteiger partial charge is 0.265 e. The SMILES string of the molecule is CCCc1nnsc1C(=O)NC(C)(C)CO. The van der Waals surface area contributed by atoms with Gasteiger partial charge in [-0.05, 0) is 31.8 Å². The van der Waals surface area contributed by atoms with Crippen molar-refractivity contribution in [2.75, 3.05) is 6.61 Å². The zero-order chi connectivity index (χ0) is 12.2. The fourth-order valence-corrected chi connectivity index (χ4v) is 1.79. The second-order valence-electron chi connectivity index (χ2n) is 4.29. The molecular formula is C10H17N3O2S. The van der Waals surface area contributed by atoms with E-state index < -0.39 is 5.54 Å². The second-order valence-corrected chi connectivity index (χ2v) is 5.05. The van der Waals surface area contributed by atoms with Crippen molar-refractivity contribution in [1.29, 1.82) is 0 Å². The van der Waals surface area contributed by atoms with Crippen LogP contribution in [0, 0.1) is 0 Å². The molecule has 16 heavy (non-hydrogen) atoms. The quantitative estimate of drug-likeness (QED) is 0.808. The van der Waals surface area contributed by atoms with Gasteiger partial charge in [0, 0.05) is 0 Å². The lowest BCUT2D eigenvalue weighted by Gasteiger charge is -2.22. The van der Waals surface area contributed by atoms with Gasteiger partial charge in [0.25, 0.3) is 5.91 Å². The summed E-state index contributed by atoms with van der Waals surface area (Å²) in [7, 11) is 0. The van der Waals surface area contributed by atoms with Crippen molar-refractivity contribution in [1.82, 2.24) is 14.9 Å². The van der Waals surface area contributed by atoms with Crippen molar-refractivity contribution in [3.63, 3.8) is 0 Å². The van der Waals surface area contributed by atoms with E-state index >= 15 is 0 Å². The number of aliphatic hydroxyl groups excluding tert-OH is 1. The summed E-state index contributed by atoms with van der Waals surface area (Å²) in [4.78, 5) is 12.4. The molecule has 1 rings (SSSR count). The minimum atomic E-state index is -0.620. The van der Waals surface area contributed by atoms with E-state index in [9.17, 15) is 4.79 Å². The van der Waals surface area contributed by atoms with Crippen LogP contribution in [0.2, 0.25) is 0 Å². The third kappa shape index (κ3) is 3.24. The number of carbonyl (C=O) groups excluding carboxylic acids is 1. The Morgan fingerprint density at radius 2 is 2.25 bits per heavy atom. The van der Waals surface area contributed by atoms with E-state index in [1.807, 2.05) is 6.92 Å². The number of hydrogen-bond acceptors (Lipinski definition) is 5. The number of hydrogen-bond donors (Lipinski definition) is 2. The molecule has 0 fully saturated rings. The van der Waals surface area contributed by atoms with Gasteiger partial charge in [-0.2, -0.15) is 0 Å². The maximum absolute atomic E-state index is 11.9.